The Balaban J connectivity index is 1.69. The van der Waals surface area contributed by atoms with Gasteiger partial charge < -0.3 is 15.0 Å². The first kappa shape index (κ1) is 15.3. The number of methoxy groups -OCH3 is 1. The molecule has 1 fully saturated rings. The fourth-order valence-corrected chi connectivity index (χ4v) is 4.56. The Kier molecular flexibility index (Phi) is 5.14. The number of thiazole rings is 1. The zero-order valence-electron chi connectivity index (χ0n) is 13.2. The van der Waals surface area contributed by atoms with E-state index in [1.54, 1.807) is 0 Å². The van der Waals surface area contributed by atoms with E-state index in [1.807, 2.05) is 18.4 Å². The average molecular weight is 309 g/mol. The second-order valence-electron chi connectivity index (χ2n) is 6.13. The standard InChI is InChI=1S/C16H27N3OS/c1-3-9-17-13-5-4-6-14-15(13)18-16(21-14)19-10-7-12(20-2)8-11-19/h12-13,17H,3-11H2,1-2H3. The van der Waals surface area contributed by atoms with Crippen LogP contribution < -0.4 is 10.2 Å². The molecule has 0 saturated carbocycles. The molecule has 2 heterocycles. The second kappa shape index (κ2) is 7.07. The molecule has 1 saturated heterocycles. The summed E-state index contributed by atoms with van der Waals surface area (Å²) >= 11 is 1.92. The minimum Gasteiger partial charge on any atom is -0.381 e. The van der Waals surface area contributed by atoms with E-state index < -0.39 is 0 Å². The minimum absolute atomic E-state index is 0.440. The highest BCUT2D eigenvalue weighted by atomic mass is 32.1. The van der Waals surface area contributed by atoms with Crippen molar-refractivity contribution in [2.24, 2.45) is 0 Å². The first-order valence-electron chi connectivity index (χ1n) is 8.32. The third kappa shape index (κ3) is 3.41. The zero-order valence-corrected chi connectivity index (χ0v) is 14.0. The molecular weight excluding hydrogens is 282 g/mol. The van der Waals surface area contributed by atoms with E-state index in [-0.39, 0.29) is 0 Å². The molecule has 21 heavy (non-hydrogen) atoms. The Hall–Kier alpha value is -0.650. The summed E-state index contributed by atoms with van der Waals surface area (Å²) in [5.74, 6) is 0. The molecule has 1 aromatic heterocycles. The average Bonchev–Trinajstić information content (AvgIpc) is 2.97. The van der Waals surface area contributed by atoms with E-state index in [0.717, 1.165) is 32.5 Å². The van der Waals surface area contributed by atoms with Crippen LogP contribution in [0, 0.1) is 0 Å². The van der Waals surface area contributed by atoms with E-state index >= 15 is 0 Å². The van der Waals surface area contributed by atoms with Crippen LogP contribution in [0.25, 0.3) is 0 Å². The molecule has 0 amide bonds. The van der Waals surface area contributed by atoms with E-state index in [9.17, 15) is 0 Å². The minimum atomic E-state index is 0.440. The normalized spacial score (nSPS) is 23.3. The van der Waals surface area contributed by atoms with Crippen molar-refractivity contribution in [3.8, 4) is 0 Å². The van der Waals surface area contributed by atoms with Crippen LogP contribution in [0.3, 0.4) is 0 Å². The fraction of sp³-hybridized carbons (Fsp3) is 0.812. The number of aromatic nitrogens is 1. The van der Waals surface area contributed by atoms with Gasteiger partial charge in [-0.15, -0.1) is 11.3 Å². The largest absolute Gasteiger partial charge is 0.381 e. The summed E-state index contributed by atoms with van der Waals surface area (Å²) in [7, 11) is 1.83. The highest BCUT2D eigenvalue weighted by Gasteiger charge is 2.27. The lowest BCUT2D eigenvalue weighted by Crippen LogP contribution is -2.36. The Morgan fingerprint density at radius 2 is 2.14 bits per heavy atom. The number of hydrogen-bond donors (Lipinski definition) is 1. The van der Waals surface area contributed by atoms with Gasteiger partial charge >= 0.3 is 0 Å². The SMILES string of the molecule is CCCNC1CCCc2sc(N3CCC(OC)CC3)nc21. The maximum absolute atomic E-state index is 5.46. The summed E-state index contributed by atoms with van der Waals surface area (Å²) in [4.78, 5) is 8.97. The van der Waals surface area contributed by atoms with Crippen molar-refractivity contribution in [2.45, 2.75) is 57.6 Å². The molecule has 0 radical (unpaired) electrons. The maximum atomic E-state index is 5.46. The van der Waals surface area contributed by atoms with Gasteiger partial charge in [-0.05, 0) is 45.1 Å². The van der Waals surface area contributed by atoms with Crippen LogP contribution in [0.1, 0.15) is 55.6 Å². The van der Waals surface area contributed by atoms with Crippen molar-refractivity contribution in [1.82, 2.24) is 10.3 Å². The van der Waals surface area contributed by atoms with E-state index in [0.29, 0.717) is 12.1 Å². The Morgan fingerprint density at radius 3 is 2.86 bits per heavy atom. The van der Waals surface area contributed by atoms with Gasteiger partial charge in [0.15, 0.2) is 5.13 Å². The molecular formula is C16H27N3OS. The Morgan fingerprint density at radius 1 is 1.33 bits per heavy atom. The van der Waals surface area contributed by atoms with Crippen LogP contribution >= 0.6 is 11.3 Å². The highest BCUT2D eigenvalue weighted by Crippen LogP contribution is 2.37. The molecule has 4 nitrogen and oxygen atoms in total. The molecule has 1 atom stereocenters. The lowest BCUT2D eigenvalue weighted by atomic mass is 9.97. The molecule has 1 unspecified atom stereocenters. The molecule has 1 aliphatic carbocycles. The number of rotatable bonds is 5. The Bertz CT molecular complexity index is 454. The van der Waals surface area contributed by atoms with Gasteiger partial charge in [0, 0.05) is 25.1 Å². The third-order valence-electron chi connectivity index (χ3n) is 4.63. The van der Waals surface area contributed by atoms with Gasteiger partial charge in [-0.2, -0.15) is 0 Å². The summed E-state index contributed by atoms with van der Waals surface area (Å²) in [5, 5.41) is 4.90. The molecule has 3 rings (SSSR count). The lowest BCUT2D eigenvalue weighted by Gasteiger charge is -2.30. The molecule has 1 N–H and O–H groups in total. The molecule has 5 heteroatoms. The molecule has 0 spiro atoms. The van der Waals surface area contributed by atoms with E-state index in [4.69, 9.17) is 9.72 Å². The summed E-state index contributed by atoms with van der Waals surface area (Å²) in [5.41, 5.74) is 1.34. The maximum Gasteiger partial charge on any atom is 0.185 e. The van der Waals surface area contributed by atoms with Crippen molar-refractivity contribution in [3.63, 3.8) is 0 Å². The first-order valence-corrected chi connectivity index (χ1v) is 9.14. The number of anilines is 1. The van der Waals surface area contributed by atoms with Gasteiger partial charge in [0.1, 0.15) is 0 Å². The molecule has 1 aromatic rings. The lowest BCUT2D eigenvalue weighted by molar-refractivity contribution is 0.0819. The van der Waals surface area contributed by atoms with Crippen molar-refractivity contribution in [3.05, 3.63) is 10.6 Å². The van der Waals surface area contributed by atoms with Crippen molar-refractivity contribution < 1.29 is 4.74 Å². The van der Waals surface area contributed by atoms with Gasteiger partial charge in [0.05, 0.1) is 17.8 Å². The molecule has 0 aromatic carbocycles. The summed E-state index contributed by atoms with van der Waals surface area (Å²) in [6.07, 6.45) is 7.62. The van der Waals surface area contributed by atoms with Gasteiger partial charge in [-0.25, -0.2) is 4.98 Å². The monoisotopic (exact) mass is 309 g/mol. The van der Waals surface area contributed by atoms with Crippen LogP contribution in [-0.2, 0) is 11.2 Å². The summed E-state index contributed by atoms with van der Waals surface area (Å²) in [6.45, 7) is 5.48. The zero-order chi connectivity index (χ0) is 14.7. The number of ether oxygens (including phenoxy) is 1. The predicted octanol–water partition coefficient (Wildman–Crippen LogP) is 3.14. The topological polar surface area (TPSA) is 37.4 Å². The van der Waals surface area contributed by atoms with Crippen molar-refractivity contribution in [2.75, 3.05) is 31.6 Å². The van der Waals surface area contributed by atoms with Crippen molar-refractivity contribution in [1.29, 1.82) is 0 Å². The molecule has 1 aliphatic heterocycles. The third-order valence-corrected chi connectivity index (χ3v) is 5.82. The quantitative estimate of drug-likeness (QED) is 0.907. The number of piperidine rings is 1. The number of hydrogen-bond acceptors (Lipinski definition) is 5. The number of nitrogens with one attached hydrogen (secondary N) is 1. The predicted molar refractivity (Wildman–Crippen MR) is 88.3 cm³/mol. The number of aryl methyl sites for hydroxylation is 1. The fourth-order valence-electron chi connectivity index (χ4n) is 3.34. The highest BCUT2D eigenvalue weighted by molar-refractivity contribution is 7.15. The molecule has 2 aliphatic rings. The summed E-state index contributed by atoms with van der Waals surface area (Å²) < 4.78 is 5.46. The molecule has 118 valence electrons. The second-order valence-corrected chi connectivity index (χ2v) is 7.19. The smallest absolute Gasteiger partial charge is 0.185 e. The van der Waals surface area contributed by atoms with Gasteiger partial charge in [-0.1, -0.05) is 6.92 Å². The van der Waals surface area contributed by atoms with Crippen LogP contribution in [0.4, 0.5) is 5.13 Å². The van der Waals surface area contributed by atoms with Gasteiger partial charge in [0.25, 0.3) is 0 Å². The molecule has 0 bridgehead atoms. The van der Waals surface area contributed by atoms with E-state index in [2.05, 4.69) is 17.1 Å². The van der Waals surface area contributed by atoms with Crippen LogP contribution in [0.15, 0.2) is 0 Å². The Labute approximate surface area is 131 Å². The van der Waals surface area contributed by atoms with Gasteiger partial charge in [0.2, 0.25) is 0 Å². The van der Waals surface area contributed by atoms with E-state index in [1.165, 1.54) is 41.4 Å². The van der Waals surface area contributed by atoms with Crippen molar-refractivity contribution >= 4 is 16.5 Å². The number of nitrogens with zero attached hydrogens (tertiary/aromatic N) is 2. The van der Waals surface area contributed by atoms with Crippen LogP contribution in [0.2, 0.25) is 0 Å². The van der Waals surface area contributed by atoms with Crippen LogP contribution in [-0.4, -0.2) is 37.8 Å². The summed E-state index contributed by atoms with van der Waals surface area (Å²) in [6, 6.07) is 0.482. The number of fused-ring (bicyclic) bond motifs is 1. The van der Waals surface area contributed by atoms with Crippen LogP contribution in [0.5, 0.6) is 0 Å². The van der Waals surface area contributed by atoms with Gasteiger partial charge in [-0.3, -0.25) is 0 Å². The first-order chi connectivity index (χ1) is 10.3.